The molecule has 3 nitrogen and oxygen atoms in total. The maximum absolute atomic E-state index is 6.31. The molecular weight excluding hydrogens is 258 g/mol. The fourth-order valence-electron chi connectivity index (χ4n) is 2.97. The van der Waals surface area contributed by atoms with E-state index < -0.39 is 0 Å². The van der Waals surface area contributed by atoms with Gasteiger partial charge in [-0.2, -0.15) is 0 Å². The third-order valence-corrected chi connectivity index (χ3v) is 4.29. The van der Waals surface area contributed by atoms with Gasteiger partial charge in [-0.1, -0.05) is 30.5 Å². The van der Waals surface area contributed by atoms with Crippen LogP contribution in [0, 0.1) is 5.92 Å². The SMILES string of the molecule is CN(C)c1c(Cl)cccc1NC1CCCCC1CN. The number of nitrogens with two attached hydrogens (primary N) is 1. The summed E-state index contributed by atoms with van der Waals surface area (Å²) in [6.45, 7) is 0.759. The molecule has 1 aliphatic rings. The van der Waals surface area contributed by atoms with Crippen LogP contribution < -0.4 is 16.0 Å². The lowest BCUT2D eigenvalue weighted by atomic mass is 9.84. The van der Waals surface area contributed by atoms with Crippen LogP contribution in [0.4, 0.5) is 11.4 Å². The number of halogens is 1. The van der Waals surface area contributed by atoms with E-state index in [4.69, 9.17) is 17.3 Å². The average Bonchev–Trinajstić information content (AvgIpc) is 2.39. The number of hydrogen-bond donors (Lipinski definition) is 2. The molecule has 0 bridgehead atoms. The van der Waals surface area contributed by atoms with E-state index in [1.54, 1.807) is 0 Å². The van der Waals surface area contributed by atoms with E-state index in [0.717, 1.165) is 22.9 Å². The summed E-state index contributed by atoms with van der Waals surface area (Å²) in [5.74, 6) is 0.572. The minimum absolute atomic E-state index is 0.468. The van der Waals surface area contributed by atoms with Crippen molar-refractivity contribution in [2.24, 2.45) is 11.7 Å². The van der Waals surface area contributed by atoms with E-state index in [1.165, 1.54) is 25.7 Å². The number of nitrogens with one attached hydrogen (secondary N) is 1. The summed E-state index contributed by atoms with van der Waals surface area (Å²) in [6, 6.07) is 6.50. The van der Waals surface area contributed by atoms with Gasteiger partial charge in [-0.15, -0.1) is 0 Å². The molecule has 0 aromatic heterocycles. The van der Waals surface area contributed by atoms with Crippen LogP contribution in [0.3, 0.4) is 0 Å². The van der Waals surface area contributed by atoms with Crippen molar-refractivity contribution in [3.63, 3.8) is 0 Å². The normalized spacial score (nSPS) is 23.2. The van der Waals surface area contributed by atoms with Gasteiger partial charge in [0.2, 0.25) is 0 Å². The molecule has 0 radical (unpaired) electrons. The van der Waals surface area contributed by atoms with Gasteiger partial charge < -0.3 is 16.0 Å². The van der Waals surface area contributed by atoms with Crippen LogP contribution >= 0.6 is 11.6 Å². The number of hydrogen-bond acceptors (Lipinski definition) is 3. The summed E-state index contributed by atoms with van der Waals surface area (Å²) in [6.07, 6.45) is 5.01. The standard InChI is InChI=1S/C15H24ClN3/c1-19(2)15-12(16)7-5-9-14(15)18-13-8-4-3-6-11(13)10-17/h5,7,9,11,13,18H,3-4,6,8,10,17H2,1-2H3. The van der Waals surface area contributed by atoms with Crippen molar-refractivity contribution < 1.29 is 0 Å². The second kappa shape index (κ2) is 6.49. The van der Waals surface area contributed by atoms with Crippen LogP contribution in [-0.4, -0.2) is 26.7 Å². The van der Waals surface area contributed by atoms with Crippen molar-refractivity contribution >= 4 is 23.0 Å². The van der Waals surface area contributed by atoms with Crippen LogP contribution in [0.15, 0.2) is 18.2 Å². The molecule has 1 aromatic rings. The maximum Gasteiger partial charge on any atom is 0.0786 e. The monoisotopic (exact) mass is 281 g/mol. The zero-order valence-electron chi connectivity index (χ0n) is 11.8. The van der Waals surface area contributed by atoms with Crippen molar-refractivity contribution in [2.45, 2.75) is 31.7 Å². The van der Waals surface area contributed by atoms with E-state index in [2.05, 4.69) is 16.3 Å². The first-order valence-corrected chi connectivity index (χ1v) is 7.43. The maximum atomic E-state index is 6.31. The van der Waals surface area contributed by atoms with Crippen molar-refractivity contribution in [1.29, 1.82) is 0 Å². The Hall–Kier alpha value is -0.930. The van der Waals surface area contributed by atoms with E-state index in [1.807, 2.05) is 26.2 Å². The molecule has 0 spiro atoms. The Bertz CT molecular complexity index is 420. The first-order chi connectivity index (χ1) is 9.13. The lowest BCUT2D eigenvalue weighted by Gasteiger charge is -2.33. The van der Waals surface area contributed by atoms with Crippen LogP contribution in [0.2, 0.25) is 5.02 Å². The van der Waals surface area contributed by atoms with Crippen molar-refractivity contribution in [1.82, 2.24) is 0 Å². The number of para-hydroxylation sites is 1. The summed E-state index contributed by atoms with van der Waals surface area (Å²) < 4.78 is 0. The molecular formula is C15H24ClN3. The molecule has 1 saturated carbocycles. The summed E-state index contributed by atoms with van der Waals surface area (Å²) in [5, 5.41) is 4.45. The molecule has 2 unspecified atom stereocenters. The summed E-state index contributed by atoms with van der Waals surface area (Å²) in [4.78, 5) is 2.06. The third-order valence-electron chi connectivity index (χ3n) is 3.99. The average molecular weight is 282 g/mol. The van der Waals surface area contributed by atoms with E-state index >= 15 is 0 Å². The van der Waals surface area contributed by atoms with Crippen molar-refractivity contribution in [3.05, 3.63) is 23.2 Å². The Morgan fingerprint density at radius 1 is 1.32 bits per heavy atom. The molecule has 3 N–H and O–H groups in total. The van der Waals surface area contributed by atoms with Gasteiger partial charge in [0, 0.05) is 20.1 Å². The van der Waals surface area contributed by atoms with Gasteiger partial charge in [-0.05, 0) is 37.4 Å². The Balaban J connectivity index is 2.20. The molecule has 0 saturated heterocycles. The summed E-state index contributed by atoms with van der Waals surface area (Å²) in [5.41, 5.74) is 8.07. The molecule has 0 amide bonds. The second-order valence-electron chi connectivity index (χ2n) is 5.56. The third kappa shape index (κ3) is 3.34. The quantitative estimate of drug-likeness (QED) is 0.889. The molecule has 2 rings (SSSR count). The zero-order valence-corrected chi connectivity index (χ0v) is 12.6. The summed E-state index contributed by atoms with van der Waals surface area (Å²) in [7, 11) is 4.04. The highest BCUT2D eigenvalue weighted by molar-refractivity contribution is 6.34. The van der Waals surface area contributed by atoms with Gasteiger partial charge >= 0.3 is 0 Å². The van der Waals surface area contributed by atoms with E-state index in [0.29, 0.717) is 12.0 Å². The van der Waals surface area contributed by atoms with Crippen LogP contribution in [-0.2, 0) is 0 Å². The Labute approximate surface area is 121 Å². The van der Waals surface area contributed by atoms with Gasteiger partial charge in [0.15, 0.2) is 0 Å². The highest BCUT2D eigenvalue weighted by Gasteiger charge is 2.24. The first-order valence-electron chi connectivity index (χ1n) is 7.06. The largest absolute Gasteiger partial charge is 0.380 e. The molecule has 1 aliphatic carbocycles. The highest BCUT2D eigenvalue weighted by Crippen LogP contribution is 2.35. The Morgan fingerprint density at radius 2 is 2.05 bits per heavy atom. The van der Waals surface area contributed by atoms with Gasteiger partial charge in [-0.3, -0.25) is 0 Å². The minimum Gasteiger partial charge on any atom is -0.380 e. The number of anilines is 2. The van der Waals surface area contributed by atoms with Gasteiger partial charge in [0.1, 0.15) is 0 Å². The predicted molar refractivity (Wildman–Crippen MR) is 84.2 cm³/mol. The second-order valence-corrected chi connectivity index (χ2v) is 5.97. The Morgan fingerprint density at radius 3 is 2.74 bits per heavy atom. The molecule has 0 aliphatic heterocycles. The van der Waals surface area contributed by atoms with Crippen LogP contribution in [0.1, 0.15) is 25.7 Å². The lowest BCUT2D eigenvalue weighted by molar-refractivity contribution is 0.333. The molecule has 106 valence electrons. The minimum atomic E-state index is 0.468. The smallest absolute Gasteiger partial charge is 0.0786 e. The molecule has 19 heavy (non-hydrogen) atoms. The Kier molecular flexibility index (Phi) is 4.94. The number of benzene rings is 1. The molecule has 2 atom stereocenters. The molecule has 4 heteroatoms. The predicted octanol–water partition coefficient (Wildman–Crippen LogP) is 3.34. The van der Waals surface area contributed by atoms with Gasteiger partial charge in [-0.25, -0.2) is 0 Å². The van der Waals surface area contributed by atoms with E-state index in [-0.39, 0.29) is 0 Å². The van der Waals surface area contributed by atoms with E-state index in [9.17, 15) is 0 Å². The fraction of sp³-hybridized carbons (Fsp3) is 0.600. The molecule has 1 fully saturated rings. The van der Waals surface area contributed by atoms with Crippen LogP contribution in [0.5, 0.6) is 0 Å². The number of nitrogens with zero attached hydrogens (tertiary/aromatic N) is 1. The van der Waals surface area contributed by atoms with Gasteiger partial charge in [0.25, 0.3) is 0 Å². The highest BCUT2D eigenvalue weighted by atomic mass is 35.5. The molecule has 0 heterocycles. The lowest BCUT2D eigenvalue weighted by Crippen LogP contribution is -2.37. The van der Waals surface area contributed by atoms with Gasteiger partial charge in [0.05, 0.1) is 16.4 Å². The fourth-order valence-corrected chi connectivity index (χ4v) is 3.31. The zero-order chi connectivity index (χ0) is 13.8. The summed E-state index contributed by atoms with van der Waals surface area (Å²) >= 11 is 6.31. The van der Waals surface area contributed by atoms with Crippen molar-refractivity contribution in [2.75, 3.05) is 30.9 Å². The number of rotatable bonds is 4. The topological polar surface area (TPSA) is 41.3 Å². The van der Waals surface area contributed by atoms with Crippen molar-refractivity contribution in [3.8, 4) is 0 Å². The van der Waals surface area contributed by atoms with Crippen LogP contribution in [0.25, 0.3) is 0 Å². The first kappa shape index (κ1) is 14.5. The molecule has 1 aromatic carbocycles.